The zero-order valence-electron chi connectivity index (χ0n) is 8.07. The molecule has 14 heavy (non-hydrogen) atoms. The second-order valence-corrected chi connectivity index (χ2v) is 3.69. The Labute approximate surface area is 83.5 Å². The molecule has 1 aromatic carbocycles. The summed E-state index contributed by atoms with van der Waals surface area (Å²) in [4.78, 5) is 0. The molecule has 0 aliphatic carbocycles. The molecule has 1 heterocycles. The van der Waals surface area contributed by atoms with E-state index in [0.717, 1.165) is 25.2 Å². The van der Waals surface area contributed by atoms with Gasteiger partial charge in [0.25, 0.3) is 0 Å². The number of rotatable bonds is 3. The fourth-order valence-corrected chi connectivity index (χ4v) is 1.73. The smallest absolute Gasteiger partial charge is 0.122 e. The van der Waals surface area contributed by atoms with E-state index in [1.54, 1.807) is 0 Å². The van der Waals surface area contributed by atoms with E-state index >= 15 is 0 Å². The Hall–Kier alpha value is -1.06. The Balaban J connectivity index is 2.12. The standard InChI is InChI=1S/C11H15NO2/c12-10(7-13)6-8-1-2-11-9(5-8)3-4-14-11/h1-2,5,10,13H,3-4,6-7,12H2/t10-/m1/s1. The Morgan fingerprint density at radius 3 is 3.14 bits per heavy atom. The van der Waals surface area contributed by atoms with Crippen LogP contribution in [0.5, 0.6) is 5.75 Å². The fraction of sp³-hybridized carbons (Fsp3) is 0.455. The largest absolute Gasteiger partial charge is 0.493 e. The molecule has 0 saturated carbocycles. The first kappa shape index (κ1) is 9.49. The maximum Gasteiger partial charge on any atom is 0.122 e. The summed E-state index contributed by atoms with van der Waals surface area (Å²) in [5.74, 6) is 0.992. The molecular weight excluding hydrogens is 178 g/mol. The highest BCUT2D eigenvalue weighted by Crippen LogP contribution is 2.26. The molecule has 0 aromatic heterocycles. The number of fused-ring (bicyclic) bond motifs is 1. The molecule has 1 aromatic rings. The van der Waals surface area contributed by atoms with Gasteiger partial charge in [0.2, 0.25) is 0 Å². The van der Waals surface area contributed by atoms with Crippen LogP contribution >= 0.6 is 0 Å². The summed E-state index contributed by atoms with van der Waals surface area (Å²) in [6.45, 7) is 0.818. The van der Waals surface area contributed by atoms with E-state index in [1.165, 1.54) is 11.1 Å². The Bertz CT molecular complexity index is 325. The summed E-state index contributed by atoms with van der Waals surface area (Å²) >= 11 is 0. The number of hydrogen-bond donors (Lipinski definition) is 2. The molecule has 1 aliphatic rings. The van der Waals surface area contributed by atoms with Crippen molar-refractivity contribution >= 4 is 0 Å². The SMILES string of the molecule is N[C@@H](CO)Cc1ccc2c(c1)CCO2. The van der Waals surface area contributed by atoms with E-state index in [9.17, 15) is 0 Å². The molecule has 1 aliphatic heterocycles. The molecule has 0 radical (unpaired) electrons. The van der Waals surface area contributed by atoms with Gasteiger partial charge in [-0.1, -0.05) is 12.1 Å². The molecule has 1 atom stereocenters. The molecule has 0 amide bonds. The summed E-state index contributed by atoms with van der Waals surface area (Å²) < 4.78 is 5.40. The number of ether oxygens (including phenoxy) is 1. The lowest BCUT2D eigenvalue weighted by atomic mass is 10.0. The molecule has 3 heteroatoms. The van der Waals surface area contributed by atoms with Crippen molar-refractivity contribution in [1.82, 2.24) is 0 Å². The normalized spacial score (nSPS) is 16.1. The van der Waals surface area contributed by atoms with Gasteiger partial charge < -0.3 is 15.6 Å². The number of benzene rings is 1. The van der Waals surface area contributed by atoms with Gasteiger partial charge in [-0.2, -0.15) is 0 Å². The van der Waals surface area contributed by atoms with Crippen LogP contribution in [0.25, 0.3) is 0 Å². The first-order chi connectivity index (χ1) is 6.79. The van der Waals surface area contributed by atoms with E-state index in [2.05, 4.69) is 6.07 Å². The minimum absolute atomic E-state index is 0.0353. The third-order valence-corrected chi connectivity index (χ3v) is 2.49. The van der Waals surface area contributed by atoms with E-state index in [1.807, 2.05) is 12.1 Å². The molecule has 0 spiro atoms. The monoisotopic (exact) mass is 193 g/mol. The van der Waals surface area contributed by atoms with Crippen LogP contribution in [0.2, 0.25) is 0 Å². The number of aliphatic hydroxyl groups is 1. The summed E-state index contributed by atoms with van der Waals surface area (Å²) in [5.41, 5.74) is 8.10. The lowest BCUT2D eigenvalue weighted by molar-refractivity contribution is 0.265. The lowest BCUT2D eigenvalue weighted by Gasteiger charge is -2.08. The predicted molar refractivity (Wildman–Crippen MR) is 54.4 cm³/mol. The molecular formula is C11H15NO2. The molecule has 3 nitrogen and oxygen atoms in total. The molecule has 0 saturated heterocycles. The second-order valence-electron chi connectivity index (χ2n) is 3.69. The van der Waals surface area contributed by atoms with Crippen LogP contribution < -0.4 is 10.5 Å². The third kappa shape index (κ3) is 1.89. The minimum atomic E-state index is -0.157. The average molecular weight is 193 g/mol. The molecule has 3 N–H and O–H groups in total. The summed E-state index contributed by atoms with van der Waals surface area (Å²) in [7, 11) is 0. The van der Waals surface area contributed by atoms with Crippen LogP contribution in [0.4, 0.5) is 0 Å². The van der Waals surface area contributed by atoms with Gasteiger partial charge >= 0.3 is 0 Å². The van der Waals surface area contributed by atoms with Crippen LogP contribution in [0.15, 0.2) is 18.2 Å². The van der Waals surface area contributed by atoms with E-state index in [4.69, 9.17) is 15.6 Å². The summed E-state index contributed by atoms with van der Waals surface area (Å²) in [6, 6.07) is 5.97. The maximum absolute atomic E-state index is 8.84. The van der Waals surface area contributed by atoms with E-state index < -0.39 is 0 Å². The van der Waals surface area contributed by atoms with Crippen LogP contribution in [-0.2, 0) is 12.8 Å². The molecule has 0 bridgehead atoms. The number of aliphatic hydroxyl groups excluding tert-OH is 1. The molecule has 0 fully saturated rings. The fourth-order valence-electron chi connectivity index (χ4n) is 1.73. The maximum atomic E-state index is 8.84. The molecule has 76 valence electrons. The van der Waals surface area contributed by atoms with Gasteiger partial charge in [-0.25, -0.2) is 0 Å². The van der Waals surface area contributed by atoms with Crippen molar-refractivity contribution in [2.24, 2.45) is 5.73 Å². The Morgan fingerprint density at radius 2 is 2.36 bits per heavy atom. The summed E-state index contributed by atoms with van der Waals surface area (Å²) in [6.07, 6.45) is 1.71. The highest BCUT2D eigenvalue weighted by Gasteiger charge is 2.12. The summed E-state index contributed by atoms with van der Waals surface area (Å²) in [5, 5.41) is 8.84. The predicted octanol–water partition coefficient (Wildman–Crippen LogP) is 0.484. The van der Waals surface area contributed by atoms with Crippen molar-refractivity contribution in [2.45, 2.75) is 18.9 Å². The zero-order chi connectivity index (χ0) is 9.97. The molecule has 2 rings (SSSR count). The van der Waals surface area contributed by atoms with Gasteiger partial charge in [0, 0.05) is 12.5 Å². The topological polar surface area (TPSA) is 55.5 Å². The highest BCUT2D eigenvalue weighted by molar-refractivity contribution is 5.40. The van der Waals surface area contributed by atoms with Crippen molar-refractivity contribution in [2.75, 3.05) is 13.2 Å². The van der Waals surface area contributed by atoms with Crippen LogP contribution in [0, 0.1) is 0 Å². The highest BCUT2D eigenvalue weighted by atomic mass is 16.5. The Kier molecular flexibility index (Phi) is 2.70. The van der Waals surface area contributed by atoms with E-state index in [-0.39, 0.29) is 12.6 Å². The quantitative estimate of drug-likeness (QED) is 0.734. The average Bonchev–Trinajstić information content (AvgIpc) is 2.64. The van der Waals surface area contributed by atoms with Gasteiger partial charge in [0.15, 0.2) is 0 Å². The number of nitrogens with two attached hydrogens (primary N) is 1. The third-order valence-electron chi connectivity index (χ3n) is 2.49. The van der Waals surface area contributed by atoms with Gasteiger partial charge in [-0.3, -0.25) is 0 Å². The van der Waals surface area contributed by atoms with Crippen LogP contribution in [0.3, 0.4) is 0 Å². The second kappa shape index (κ2) is 3.98. The van der Waals surface area contributed by atoms with Crippen molar-refractivity contribution < 1.29 is 9.84 Å². The Morgan fingerprint density at radius 1 is 1.50 bits per heavy atom. The van der Waals surface area contributed by atoms with Crippen molar-refractivity contribution in [3.63, 3.8) is 0 Å². The van der Waals surface area contributed by atoms with Crippen LogP contribution in [0.1, 0.15) is 11.1 Å². The van der Waals surface area contributed by atoms with Gasteiger partial charge in [0.05, 0.1) is 13.2 Å². The minimum Gasteiger partial charge on any atom is -0.493 e. The zero-order valence-corrected chi connectivity index (χ0v) is 8.07. The van der Waals surface area contributed by atoms with Gasteiger partial charge in [-0.15, -0.1) is 0 Å². The van der Waals surface area contributed by atoms with E-state index in [0.29, 0.717) is 0 Å². The van der Waals surface area contributed by atoms with Crippen molar-refractivity contribution in [1.29, 1.82) is 0 Å². The first-order valence-corrected chi connectivity index (χ1v) is 4.90. The van der Waals surface area contributed by atoms with Crippen molar-refractivity contribution in [3.8, 4) is 5.75 Å². The number of hydrogen-bond acceptors (Lipinski definition) is 3. The molecule has 0 unspecified atom stereocenters. The van der Waals surface area contributed by atoms with Gasteiger partial charge in [0.1, 0.15) is 5.75 Å². The van der Waals surface area contributed by atoms with Gasteiger partial charge in [-0.05, 0) is 23.6 Å². The lowest BCUT2D eigenvalue weighted by Crippen LogP contribution is -2.26. The van der Waals surface area contributed by atoms with Crippen LogP contribution in [-0.4, -0.2) is 24.4 Å². The first-order valence-electron chi connectivity index (χ1n) is 4.90. The van der Waals surface area contributed by atoms with Crippen molar-refractivity contribution in [3.05, 3.63) is 29.3 Å².